The summed E-state index contributed by atoms with van der Waals surface area (Å²) in [5.41, 5.74) is 0. The molecule has 0 atom stereocenters. The van der Waals surface area contributed by atoms with Crippen molar-refractivity contribution in [3.63, 3.8) is 0 Å². The van der Waals surface area contributed by atoms with Crippen molar-refractivity contribution in [1.29, 1.82) is 0 Å². The molecule has 0 heterocycles. The molecule has 0 radical (unpaired) electrons. The molecule has 6 heteroatoms. The maximum absolute atomic E-state index is 7.75. The molecule has 0 spiro atoms. The van der Waals surface area contributed by atoms with Crippen molar-refractivity contribution in [1.82, 2.24) is 0 Å². The first-order valence-corrected chi connectivity index (χ1v) is 0.236. The van der Waals surface area contributed by atoms with Crippen molar-refractivity contribution in [3.8, 4) is 0 Å². The van der Waals surface area contributed by atoms with Crippen LogP contribution in [-0.2, 0) is 4.70 Å². The van der Waals surface area contributed by atoms with Crippen molar-refractivity contribution >= 4 is 56.6 Å². The molecular formula is BBaF3O. The van der Waals surface area contributed by atoms with Gasteiger partial charge in [-0.2, -0.15) is 0 Å². The summed E-state index contributed by atoms with van der Waals surface area (Å²) in [4.78, 5) is 0. The fraction of sp³-hybridized carbons (Fsp3) is 0. The summed E-state index contributed by atoms with van der Waals surface area (Å²) in [7, 11) is 3.25. The largest absolute Gasteiger partial charge is 2.00 e. The van der Waals surface area contributed by atoms with Crippen LogP contribution < -0.4 is 14.1 Å². The smallest absolute Gasteiger partial charge is 1.00 e. The van der Waals surface area contributed by atoms with Crippen LogP contribution in [0.25, 0.3) is 0 Å². The number of rotatable bonds is 0. The summed E-state index contributed by atoms with van der Waals surface area (Å²) in [5.74, 6) is 0. The van der Waals surface area contributed by atoms with Crippen LogP contribution in [0.1, 0.15) is 0 Å². The van der Waals surface area contributed by atoms with E-state index in [2.05, 4.69) is 7.72 Å². The van der Waals surface area contributed by atoms with E-state index in [1.165, 1.54) is 0 Å². The second-order valence-electron chi connectivity index (χ2n) is 0. The van der Waals surface area contributed by atoms with Gasteiger partial charge in [-0.1, -0.05) is 0 Å². The van der Waals surface area contributed by atoms with E-state index < -0.39 is 0 Å². The zero-order chi connectivity index (χ0) is 2.00. The first kappa shape index (κ1) is 56.5. The minimum Gasteiger partial charge on any atom is -1.00 e. The molecule has 1 nitrogen and oxygen atoms in total. The van der Waals surface area contributed by atoms with E-state index in [0.29, 0.717) is 0 Å². The average Bonchev–Trinajstić information content (AvgIpc) is 1.00. The van der Waals surface area contributed by atoms with Gasteiger partial charge < -0.3 is 14.1 Å². The van der Waals surface area contributed by atoms with E-state index in [1.54, 1.807) is 0 Å². The molecule has 0 amide bonds. The van der Waals surface area contributed by atoms with Crippen LogP contribution >= 0.6 is 0 Å². The molecule has 0 aliphatic rings. The second-order valence-corrected chi connectivity index (χ2v) is 0. The third kappa shape index (κ3) is 62.1. The molecule has 32 valence electrons. The fourth-order valence-electron chi connectivity index (χ4n) is 0. The normalized spacial score (nSPS) is 1.00. The first-order chi connectivity index (χ1) is 1.00. The van der Waals surface area contributed by atoms with E-state index in [1.807, 2.05) is 0 Å². The third-order valence-electron chi connectivity index (χ3n) is 0. The Hall–Kier alpha value is 1.23. The maximum Gasteiger partial charge on any atom is 2.00 e. The standard InChI is InChI=1S/BO.Ba.3FH/c1-2;;;;/h;;3*1H/q+1;+2;;;/p-3. The molecule has 0 aliphatic heterocycles. The zero-order valence-corrected chi connectivity index (χ0v) is 7.27. The Balaban J connectivity index is -0.000000000833. The predicted molar refractivity (Wildman–Crippen MR) is 12.2 cm³/mol. The molecule has 0 saturated carbocycles. The van der Waals surface area contributed by atoms with Crippen LogP contribution in [0.2, 0.25) is 0 Å². The Kier molecular flexibility index (Phi) is 1070. The van der Waals surface area contributed by atoms with Gasteiger partial charge in [-0.3, -0.25) is 0 Å². The van der Waals surface area contributed by atoms with E-state index in [9.17, 15) is 0 Å². The van der Waals surface area contributed by atoms with Gasteiger partial charge in [0, 0.05) is 0 Å². The van der Waals surface area contributed by atoms with Gasteiger partial charge in [-0.05, 0) is 0 Å². The van der Waals surface area contributed by atoms with Crippen LogP contribution in [-0.4, -0.2) is 56.6 Å². The van der Waals surface area contributed by atoms with Gasteiger partial charge in [-0.25, -0.2) is 0 Å². The van der Waals surface area contributed by atoms with Gasteiger partial charge in [0.1, 0.15) is 0 Å². The van der Waals surface area contributed by atoms with Gasteiger partial charge in [0.2, 0.25) is 0 Å². The first-order valence-electron chi connectivity index (χ1n) is 0.236. The van der Waals surface area contributed by atoms with Gasteiger partial charge >= 0.3 is 61.3 Å². The van der Waals surface area contributed by atoms with Crippen LogP contribution in [0.3, 0.4) is 0 Å². The minimum atomic E-state index is 0. The van der Waals surface area contributed by atoms with Crippen LogP contribution in [0.5, 0.6) is 0 Å². The molecule has 0 aromatic heterocycles. The van der Waals surface area contributed by atoms with Crippen molar-refractivity contribution in [2.45, 2.75) is 0 Å². The number of halogens is 3. The molecule has 0 unspecified atom stereocenters. The van der Waals surface area contributed by atoms with Crippen molar-refractivity contribution < 1.29 is 18.8 Å². The maximum atomic E-state index is 7.75. The summed E-state index contributed by atoms with van der Waals surface area (Å²) in [6.07, 6.45) is 0. The minimum absolute atomic E-state index is 0. The van der Waals surface area contributed by atoms with Crippen LogP contribution in [0.4, 0.5) is 0 Å². The topological polar surface area (TPSA) is 17.1 Å². The average molecular weight is 221 g/mol. The van der Waals surface area contributed by atoms with E-state index in [0.717, 1.165) is 0 Å². The third-order valence-corrected chi connectivity index (χ3v) is 0. The molecule has 0 aliphatic carbocycles. The monoisotopic (exact) mass is 222 g/mol. The predicted octanol–water partition coefficient (Wildman–Crippen LogP) is -9.87. The number of hydrogen-bond acceptors (Lipinski definition) is 1. The quantitative estimate of drug-likeness (QED) is 0.371. The summed E-state index contributed by atoms with van der Waals surface area (Å²) in [6.45, 7) is 0. The zero-order valence-electron chi connectivity index (χ0n) is 2.83. The van der Waals surface area contributed by atoms with Crippen molar-refractivity contribution in [2.75, 3.05) is 0 Å². The van der Waals surface area contributed by atoms with Gasteiger partial charge in [0.25, 0.3) is 0 Å². The Morgan fingerprint density at radius 1 is 0.833 bits per heavy atom. The van der Waals surface area contributed by atoms with Crippen molar-refractivity contribution in [2.24, 2.45) is 0 Å². The SMILES string of the molecule is [B+]=O.[Ba+2].[F-].[F-].[F-]. The molecular weight excluding hydrogens is 221 g/mol. The summed E-state index contributed by atoms with van der Waals surface area (Å²) < 4.78 is 7.75. The summed E-state index contributed by atoms with van der Waals surface area (Å²) in [5, 5.41) is 0. The molecule has 0 saturated heterocycles. The van der Waals surface area contributed by atoms with Crippen molar-refractivity contribution in [3.05, 3.63) is 0 Å². The second kappa shape index (κ2) is 113. The number of hydrogen-bond donors (Lipinski definition) is 0. The van der Waals surface area contributed by atoms with Gasteiger partial charge in [-0.15, -0.1) is 0 Å². The molecule has 6 heavy (non-hydrogen) atoms. The van der Waals surface area contributed by atoms with Crippen LogP contribution in [0, 0.1) is 0 Å². The van der Waals surface area contributed by atoms with E-state index in [4.69, 9.17) is 4.70 Å². The van der Waals surface area contributed by atoms with E-state index in [-0.39, 0.29) is 63.0 Å². The van der Waals surface area contributed by atoms with Gasteiger partial charge in [0.15, 0.2) is 0 Å². The van der Waals surface area contributed by atoms with E-state index >= 15 is 0 Å². The Morgan fingerprint density at radius 3 is 0.833 bits per heavy atom. The molecule has 0 N–H and O–H groups in total. The summed E-state index contributed by atoms with van der Waals surface area (Å²) >= 11 is 0. The molecule has 0 aromatic rings. The fourth-order valence-corrected chi connectivity index (χ4v) is 0. The summed E-state index contributed by atoms with van der Waals surface area (Å²) in [6, 6.07) is 0. The van der Waals surface area contributed by atoms with Gasteiger partial charge in [0.05, 0.1) is 0 Å². The Labute approximate surface area is 74.5 Å². The molecule has 0 rings (SSSR count). The van der Waals surface area contributed by atoms with Crippen LogP contribution in [0.15, 0.2) is 0 Å². The Bertz CT molecular complexity index is 10.8. The Morgan fingerprint density at radius 2 is 0.833 bits per heavy atom. The molecule has 0 fully saturated rings. The molecule has 0 aromatic carbocycles. The molecule has 0 bridgehead atoms.